The Morgan fingerprint density at radius 1 is 0.808 bits per heavy atom. The van der Waals surface area contributed by atoms with Crippen LogP contribution in [-0.2, 0) is 6.54 Å². The second-order valence-corrected chi connectivity index (χ2v) is 5.90. The van der Waals surface area contributed by atoms with Crippen LogP contribution in [-0.4, -0.2) is 16.8 Å². The summed E-state index contributed by atoms with van der Waals surface area (Å²) in [7, 11) is 0. The van der Waals surface area contributed by atoms with Crippen LogP contribution in [0.25, 0.3) is 0 Å². The van der Waals surface area contributed by atoms with Gasteiger partial charge in [0.1, 0.15) is 11.4 Å². The van der Waals surface area contributed by atoms with E-state index in [4.69, 9.17) is 0 Å². The summed E-state index contributed by atoms with van der Waals surface area (Å²) in [4.78, 5) is 28.8. The fourth-order valence-corrected chi connectivity index (χ4v) is 2.39. The van der Waals surface area contributed by atoms with Crippen LogP contribution in [0.2, 0.25) is 0 Å². The number of pyridine rings is 1. The Hall–Kier alpha value is -3.47. The average molecular weight is 345 g/mol. The zero-order valence-electron chi connectivity index (χ0n) is 14.4. The monoisotopic (exact) mass is 345 g/mol. The predicted molar refractivity (Wildman–Crippen MR) is 101 cm³/mol. The largest absolute Gasteiger partial charge is 0.347 e. The van der Waals surface area contributed by atoms with Crippen molar-refractivity contribution in [1.29, 1.82) is 0 Å². The van der Waals surface area contributed by atoms with E-state index in [2.05, 4.69) is 15.6 Å². The zero-order chi connectivity index (χ0) is 18.4. The maximum atomic E-state index is 12.3. The van der Waals surface area contributed by atoms with Crippen LogP contribution >= 0.6 is 0 Å². The van der Waals surface area contributed by atoms with Crippen molar-refractivity contribution in [1.82, 2.24) is 10.3 Å². The molecule has 0 fully saturated rings. The summed E-state index contributed by atoms with van der Waals surface area (Å²) in [5.74, 6) is -0.676. The van der Waals surface area contributed by atoms with Gasteiger partial charge in [-0.3, -0.25) is 9.59 Å². The number of aryl methyl sites for hydroxylation is 1. The van der Waals surface area contributed by atoms with Crippen molar-refractivity contribution in [2.75, 3.05) is 5.32 Å². The number of rotatable bonds is 5. The number of carbonyl (C=O) groups is 2. The Morgan fingerprint density at radius 3 is 2.15 bits per heavy atom. The lowest BCUT2D eigenvalue weighted by atomic mass is 10.2. The Kier molecular flexibility index (Phi) is 5.39. The van der Waals surface area contributed by atoms with Gasteiger partial charge < -0.3 is 10.6 Å². The second-order valence-electron chi connectivity index (χ2n) is 5.90. The molecule has 2 N–H and O–H groups in total. The van der Waals surface area contributed by atoms with E-state index in [0.717, 1.165) is 11.1 Å². The third-order valence-corrected chi connectivity index (χ3v) is 3.82. The minimum atomic E-state index is -0.355. The smallest absolute Gasteiger partial charge is 0.274 e. The molecule has 3 rings (SSSR count). The minimum absolute atomic E-state index is 0.193. The molecular weight excluding hydrogens is 326 g/mol. The van der Waals surface area contributed by atoms with E-state index in [1.807, 2.05) is 61.5 Å². The number of aromatic nitrogens is 1. The van der Waals surface area contributed by atoms with Crippen molar-refractivity contribution in [3.8, 4) is 0 Å². The molecule has 0 unspecified atom stereocenters. The van der Waals surface area contributed by atoms with Gasteiger partial charge in [-0.05, 0) is 36.8 Å². The van der Waals surface area contributed by atoms with Gasteiger partial charge in [0.05, 0.1) is 0 Å². The molecule has 2 amide bonds. The molecule has 1 aromatic heterocycles. The summed E-state index contributed by atoms with van der Waals surface area (Å²) in [5.41, 5.74) is 3.18. The molecule has 5 nitrogen and oxygen atoms in total. The van der Waals surface area contributed by atoms with Crippen molar-refractivity contribution >= 4 is 17.5 Å². The van der Waals surface area contributed by atoms with Gasteiger partial charge in [-0.15, -0.1) is 0 Å². The van der Waals surface area contributed by atoms with Gasteiger partial charge >= 0.3 is 0 Å². The number of nitrogens with one attached hydrogen (secondary N) is 2. The molecule has 2 aromatic carbocycles. The van der Waals surface area contributed by atoms with Crippen molar-refractivity contribution in [2.45, 2.75) is 13.5 Å². The summed E-state index contributed by atoms with van der Waals surface area (Å²) >= 11 is 0. The number of hydrogen-bond acceptors (Lipinski definition) is 3. The fourth-order valence-electron chi connectivity index (χ4n) is 2.39. The maximum Gasteiger partial charge on any atom is 0.274 e. The van der Waals surface area contributed by atoms with Crippen LogP contribution in [0, 0.1) is 6.92 Å². The number of hydrogen-bond donors (Lipinski definition) is 2. The number of nitrogens with zero attached hydrogens (tertiary/aromatic N) is 1. The summed E-state index contributed by atoms with van der Waals surface area (Å²) in [6.07, 6.45) is 0. The number of benzene rings is 2. The third-order valence-electron chi connectivity index (χ3n) is 3.82. The summed E-state index contributed by atoms with van der Waals surface area (Å²) in [6, 6.07) is 21.9. The topological polar surface area (TPSA) is 71.1 Å². The fraction of sp³-hybridized carbons (Fsp3) is 0.0952. The highest BCUT2D eigenvalue weighted by Crippen LogP contribution is 2.10. The first-order chi connectivity index (χ1) is 12.6. The number of carbonyl (C=O) groups excluding carboxylic acids is 2. The normalized spacial score (nSPS) is 10.2. The molecule has 0 radical (unpaired) electrons. The molecule has 26 heavy (non-hydrogen) atoms. The first kappa shape index (κ1) is 17.4. The number of anilines is 1. The Morgan fingerprint density at radius 2 is 1.46 bits per heavy atom. The van der Waals surface area contributed by atoms with E-state index >= 15 is 0 Å². The van der Waals surface area contributed by atoms with E-state index in [9.17, 15) is 9.59 Å². The Balaban J connectivity index is 1.66. The maximum absolute atomic E-state index is 12.3. The second kappa shape index (κ2) is 8.07. The van der Waals surface area contributed by atoms with Gasteiger partial charge in [0.25, 0.3) is 11.8 Å². The van der Waals surface area contributed by atoms with Crippen LogP contribution in [0.15, 0.2) is 72.8 Å². The highest BCUT2D eigenvalue weighted by molar-refractivity contribution is 6.03. The first-order valence-corrected chi connectivity index (χ1v) is 8.29. The average Bonchev–Trinajstić information content (AvgIpc) is 2.69. The molecule has 0 spiro atoms. The highest BCUT2D eigenvalue weighted by atomic mass is 16.2. The molecule has 0 aliphatic rings. The van der Waals surface area contributed by atoms with Crippen LogP contribution < -0.4 is 10.6 Å². The van der Waals surface area contributed by atoms with Crippen molar-refractivity contribution in [3.05, 3.63) is 95.3 Å². The highest BCUT2D eigenvalue weighted by Gasteiger charge is 2.12. The van der Waals surface area contributed by atoms with Gasteiger partial charge in [0.2, 0.25) is 0 Å². The van der Waals surface area contributed by atoms with Gasteiger partial charge in [0.15, 0.2) is 0 Å². The quantitative estimate of drug-likeness (QED) is 0.742. The third kappa shape index (κ3) is 4.54. The first-order valence-electron chi connectivity index (χ1n) is 8.29. The number of amides is 2. The van der Waals surface area contributed by atoms with Gasteiger partial charge in [-0.1, -0.05) is 54.1 Å². The molecule has 0 aliphatic heterocycles. The molecule has 130 valence electrons. The van der Waals surface area contributed by atoms with Gasteiger partial charge in [-0.25, -0.2) is 4.98 Å². The SMILES string of the molecule is Cc1ccc(NC(=O)c2cccc(C(=O)NCc3ccccc3)n2)cc1. The van der Waals surface area contributed by atoms with Crippen LogP contribution in [0.5, 0.6) is 0 Å². The lowest BCUT2D eigenvalue weighted by Crippen LogP contribution is -2.25. The molecule has 0 atom stereocenters. The summed E-state index contributed by atoms with van der Waals surface area (Å²) in [5, 5.41) is 5.58. The molecule has 1 heterocycles. The van der Waals surface area contributed by atoms with Crippen molar-refractivity contribution in [3.63, 3.8) is 0 Å². The van der Waals surface area contributed by atoms with Gasteiger partial charge in [0, 0.05) is 12.2 Å². The van der Waals surface area contributed by atoms with Gasteiger partial charge in [-0.2, -0.15) is 0 Å². The molecule has 0 saturated carbocycles. The van der Waals surface area contributed by atoms with Crippen molar-refractivity contribution < 1.29 is 9.59 Å². The predicted octanol–water partition coefficient (Wildman–Crippen LogP) is 3.57. The van der Waals surface area contributed by atoms with Crippen LogP contribution in [0.1, 0.15) is 32.1 Å². The Labute approximate surface area is 152 Å². The van der Waals surface area contributed by atoms with Crippen LogP contribution in [0.4, 0.5) is 5.69 Å². The van der Waals surface area contributed by atoms with E-state index in [1.54, 1.807) is 18.2 Å². The molecule has 0 aliphatic carbocycles. The summed E-state index contributed by atoms with van der Waals surface area (Å²) < 4.78 is 0. The minimum Gasteiger partial charge on any atom is -0.347 e. The van der Waals surface area contributed by atoms with E-state index in [1.165, 1.54) is 0 Å². The molecule has 0 saturated heterocycles. The standard InChI is InChI=1S/C21H19N3O2/c1-15-10-12-17(13-11-15)23-21(26)19-9-5-8-18(24-19)20(25)22-14-16-6-3-2-4-7-16/h2-13H,14H2,1H3,(H,22,25)(H,23,26). The van der Waals surface area contributed by atoms with E-state index in [-0.39, 0.29) is 23.2 Å². The Bertz CT molecular complexity index is 906. The van der Waals surface area contributed by atoms with E-state index < -0.39 is 0 Å². The molecule has 3 aromatic rings. The van der Waals surface area contributed by atoms with Crippen molar-refractivity contribution in [2.24, 2.45) is 0 Å². The zero-order valence-corrected chi connectivity index (χ0v) is 14.4. The molecule has 5 heteroatoms. The molecular formula is C21H19N3O2. The molecule has 0 bridgehead atoms. The van der Waals surface area contributed by atoms with E-state index in [0.29, 0.717) is 12.2 Å². The summed E-state index contributed by atoms with van der Waals surface area (Å²) in [6.45, 7) is 2.38. The van der Waals surface area contributed by atoms with Crippen LogP contribution in [0.3, 0.4) is 0 Å². The lowest BCUT2D eigenvalue weighted by molar-refractivity contribution is 0.0945. The lowest BCUT2D eigenvalue weighted by Gasteiger charge is -2.08.